The molecule has 0 saturated heterocycles. The topological polar surface area (TPSA) is 35.2 Å². The summed E-state index contributed by atoms with van der Waals surface area (Å²) in [5.74, 6) is 1.47. The Labute approximate surface area is 135 Å². The Bertz CT molecular complexity index is 593. The van der Waals surface area contributed by atoms with Crippen LogP contribution in [-0.2, 0) is 6.42 Å². The summed E-state index contributed by atoms with van der Waals surface area (Å²) in [6.45, 7) is 4.46. The van der Waals surface area contributed by atoms with E-state index in [-0.39, 0.29) is 6.04 Å². The molecule has 0 fully saturated rings. The summed E-state index contributed by atoms with van der Waals surface area (Å²) < 4.78 is 6.42. The molecule has 1 atom stereocenters. The first-order chi connectivity index (χ1) is 10.0. The SMILES string of the molecule is COc1cc(Br)ccc1C(N)c1ccc(CC(C)C)cc1. The van der Waals surface area contributed by atoms with Gasteiger partial charge in [0, 0.05) is 10.0 Å². The quantitative estimate of drug-likeness (QED) is 0.850. The summed E-state index contributed by atoms with van der Waals surface area (Å²) in [5.41, 5.74) is 9.85. The molecular weight excluding hydrogens is 326 g/mol. The van der Waals surface area contributed by atoms with Crippen LogP contribution in [0.1, 0.15) is 36.6 Å². The van der Waals surface area contributed by atoms with E-state index >= 15 is 0 Å². The van der Waals surface area contributed by atoms with Gasteiger partial charge in [-0.1, -0.05) is 60.1 Å². The van der Waals surface area contributed by atoms with Crippen LogP contribution in [0.3, 0.4) is 0 Å². The van der Waals surface area contributed by atoms with Crippen molar-refractivity contribution in [2.75, 3.05) is 7.11 Å². The maximum absolute atomic E-state index is 6.40. The fraction of sp³-hybridized carbons (Fsp3) is 0.333. The first-order valence-corrected chi connectivity index (χ1v) is 7.98. The monoisotopic (exact) mass is 347 g/mol. The first kappa shape index (κ1) is 16.1. The molecule has 2 aromatic carbocycles. The van der Waals surface area contributed by atoms with Gasteiger partial charge in [-0.05, 0) is 35.6 Å². The van der Waals surface area contributed by atoms with Crippen LogP contribution in [0.15, 0.2) is 46.9 Å². The summed E-state index contributed by atoms with van der Waals surface area (Å²) >= 11 is 3.45. The lowest BCUT2D eigenvalue weighted by Crippen LogP contribution is -2.13. The lowest BCUT2D eigenvalue weighted by Gasteiger charge is -2.17. The average Bonchev–Trinajstić information content (AvgIpc) is 2.46. The third-order valence-corrected chi connectivity index (χ3v) is 4.01. The second-order valence-corrected chi connectivity index (χ2v) is 6.62. The second-order valence-electron chi connectivity index (χ2n) is 5.70. The summed E-state index contributed by atoms with van der Waals surface area (Å²) in [6.07, 6.45) is 1.09. The average molecular weight is 348 g/mol. The van der Waals surface area contributed by atoms with Crippen LogP contribution in [-0.4, -0.2) is 7.11 Å². The normalized spacial score (nSPS) is 12.5. The molecule has 0 amide bonds. The molecule has 0 saturated carbocycles. The molecule has 1 unspecified atom stereocenters. The van der Waals surface area contributed by atoms with Gasteiger partial charge in [0.15, 0.2) is 0 Å². The van der Waals surface area contributed by atoms with Crippen molar-refractivity contribution in [2.24, 2.45) is 11.7 Å². The summed E-state index contributed by atoms with van der Waals surface area (Å²) in [7, 11) is 1.67. The minimum absolute atomic E-state index is 0.179. The molecule has 0 aliphatic carbocycles. The molecule has 0 aromatic heterocycles. The van der Waals surface area contributed by atoms with E-state index in [1.54, 1.807) is 7.11 Å². The summed E-state index contributed by atoms with van der Waals surface area (Å²) in [4.78, 5) is 0. The van der Waals surface area contributed by atoms with E-state index in [2.05, 4.69) is 54.0 Å². The van der Waals surface area contributed by atoms with Crippen molar-refractivity contribution in [1.29, 1.82) is 0 Å². The molecule has 0 aliphatic rings. The van der Waals surface area contributed by atoms with Crippen molar-refractivity contribution < 1.29 is 4.74 Å². The Balaban J connectivity index is 2.25. The molecule has 2 aromatic rings. The number of halogens is 1. The highest BCUT2D eigenvalue weighted by Gasteiger charge is 2.14. The van der Waals surface area contributed by atoms with Crippen LogP contribution in [0, 0.1) is 5.92 Å². The van der Waals surface area contributed by atoms with Crippen LogP contribution in [0.5, 0.6) is 5.75 Å². The van der Waals surface area contributed by atoms with E-state index in [9.17, 15) is 0 Å². The molecule has 21 heavy (non-hydrogen) atoms. The predicted molar refractivity (Wildman–Crippen MR) is 91.7 cm³/mol. The summed E-state index contributed by atoms with van der Waals surface area (Å²) in [6, 6.07) is 14.3. The molecule has 0 heterocycles. The third kappa shape index (κ3) is 4.08. The molecule has 112 valence electrons. The zero-order valence-electron chi connectivity index (χ0n) is 12.8. The molecular formula is C18H22BrNO. The molecule has 0 spiro atoms. The van der Waals surface area contributed by atoms with E-state index in [0.29, 0.717) is 5.92 Å². The Morgan fingerprint density at radius 2 is 1.76 bits per heavy atom. The molecule has 2 nitrogen and oxygen atoms in total. The van der Waals surface area contributed by atoms with Crippen molar-refractivity contribution in [3.63, 3.8) is 0 Å². The van der Waals surface area contributed by atoms with Gasteiger partial charge in [-0.3, -0.25) is 0 Å². The van der Waals surface area contributed by atoms with E-state index in [1.807, 2.05) is 18.2 Å². The van der Waals surface area contributed by atoms with Gasteiger partial charge in [-0.15, -0.1) is 0 Å². The number of ether oxygens (including phenoxy) is 1. The molecule has 2 rings (SSSR count). The van der Waals surface area contributed by atoms with Gasteiger partial charge in [0.05, 0.1) is 13.2 Å². The largest absolute Gasteiger partial charge is 0.496 e. The fourth-order valence-electron chi connectivity index (χ4n) is 2.45. The first-order valence-electron chi connectivity index (χ1n) is 7.19. The molecule has 0 bridgehead atoms. The van der Waals surface area contributed by atoms with Crippen molar-refractivity contribution in [1.82, 2.24) is 0 Å². The Morgan fingerprint density at radius 1 is 1.10 bits per heavy atom. The van der Waals surface area contributed by atoms with Crippen LogP contribution in [0.25, 0.3) is 0 Å². The molecule has 0 aliphatic heterocycles. The maximum Gasteiger partial charge on any atom is 0.125 e. The lowest BCUT2D eigenvalue weighted by molar-refractivity contribution is 0.407. The van der Waals surface area contributed by atoms with Crippen LogP contribution in [0.2, 0.25) is 0 Å². The predicted octanol–water partition coefficient (Wildman–Crippen LogP) is 4.70. The second kappa shape index (κ2) is 7.10. The molecule has 3 heteroatoms. The number of benzene rings is 2. The van der Waals surface area contributed by atoms with Crippen LogP contribution >= 0.6 is 15.9 Å². The molecule has 0 radical (unpaired) electrons. The van der Waals surface area contributed by atoms with Gasteiger partial charge in [0.2, 0.25) is 0 Å². The van der Waals surface area contributed by atoms with Gasteiger partial charge in [0.25, 0.3) is 0 Å². The minimum Gasteiger partial charge on any atom is -0.496 e. The van der Waals surface area contributed by atoms with E-state index in [4.69, 9.17) is 10.5 Å². The Kier molecular flexibility index (Phi) is 5.43. The van der Waals surface area contributed by atoms with Crippen LogP contribution in [0.4, 0.5) is 0 Å². The number of methoxy groups -OCH3 is 1. The number of rotatable bonds is 5. The van der Waals surface area contributed by atoms with Crippen molar-refractivity contribution in [3.8, 4) is 5.75 Å². The van der Waals surface area contributed by atoms with Crippen molar-refractivity contribution in [3.05, 3.63) is 63.6 Å². The fourth-order valence-corrected chi connectivity index (χ4v) is 2.79. The Hall–Kier alpha value is -1.32. The van der Waals surface area contributed by atoms with E-state index < -0.39 is 0 Å². The van der Waals surface area contributed by atoms with Crippen LogP contribution < -0.4 is 10.5 Å². The highest BCUT2D eigenvalue weighted by atomic mass is 79.9. The zero-order chi connectivity index (χ0) is 15.4. The van der Waals surface area contributed by atoms with Crippen molar-refractivity contribution >= 4 is 15.9 Å². The lowest BCUT2D eigenvalue weighted by atomic mass is 9.96. The number of nitrogens with two attached hydrogens (primary N) is 1. The molecule has 2 N–H and O–H groups in total. The summed E-state index contributed by atoms with van der Waals surface area (Å²) in [5, 5.41) is 0. The third-order valence-electron chi connectivity index (χ3n) is 3.51. The number of hydrogen-bond acceptors (Lipinski definition) is 2. The standard InChI is InChI=1S/C18H22BrNO/c1-12(2)10-13-4-6-14(7-5-13)18(20)16-9-8-15(19)11-17(16)21-3/h4-9,11-12,18H,10,20H2,1-3H3. The van der Waals surface area contributed by atoms with E-state index in [0.717, 1.165) is 27.8 Å². The highest BCUT2D eigenvalue weighted by molar-refractivity contribution is 9.10. The highest BCUT2D eigenvalue weighted by Crippen LogP contribution is 2.31. The Morgan fingerprint density at radius 3 is 2.33 bits per heavy atom. The van der Waals surface area contributed by atoms with Gasteiger partial charge < -0.3 is 10.5 Å². The zero-order valence-corrected chi connectivity index (χ0v) is 14.4. The van der Waals surface area contributed by atoms with Gasteiger partial charge in [-0.25, -0.2) is 0 Å². The van der Waals surface area contributed by atoms with E-state index in [1.165, 1.54) is 5.56 Å². The maximum atomic E-state index is 6.40. The van der Waals surface area contributed by atoms with Gasteiger partial charge in [0.1, 0.15) is 5.75 Å². The number of hydrogen-bond donors (Lipinski definition) is 1. The van der Waals surface area contributed by atoms with Gasteiger partial charge in [-0.2, -0.15) is 0 Å². The minimum atomic E-state index is -0.179. The van der Waals surface area contributed by atoms with Crippen molar-refractivity contribution in [2.45, 2.75) is 26.3 Å². The van der Waals surface area contributed by atoms with Gasteiger partial charge >= 0.3 is 0 Å². The smallest absolute Gasteiger partial charge is 0.125 e.